The minimum atomic E-state index is -0.746. The summed E-state index contributed by atoms with van der Waals surface area (Å²) in [5, 5.41) is 13.0. The molecule has 6 heteroatoms. The van der Waals surface area contributed by atoms with E-state index in [4.69, 9.17) is 4.74 Å². The molecule has 1 unspecified atom stereocenters. The third-order valence-electron chi connectivity index (χ3n) is 5.20. The van der Waals surface area contributed by atoms with Gasteiger partial charge in [-0.1, -0.05) is 54.1 Å². The third kappa shape index (κ3) is 3.50. The fraction of sp³-hybridized carbons (Fsp3) is 0.167. The summed E-state index contributed by atoms with van der Waals surface area (Å²) in [7, 11) is 1.55. The van der Waals surface area contributed by atoms with Crippen molar-refractivity contribution < 1.29 is 19.4 Å². The SMILES string of the molecule is COc1ccccc1C1/C(=C(/O)c2ccc(C)cc2)C(=O)C(=O)N1Cc1cccs1. The molecule has 152 valence electrons. The zero-order valence-corrected chi connectivity index (χ0v) is 17.5. The van der Waals surface area contributed by atoms with Crippen LogP contribution in [0.4, 0.5) is 0 Å². The summed E-state index contributed by atoms with van der Waals surface area (Å²) in [6.07, 6.45) is 0. The molecular formula is C24H21NO4S. The zero-order valence-electron chi connectivity index (χ0n) is 16.7. The first-order valence-corrected chi connectivity index (χ1v) is 10.4. The predicted octanol–water partition coefficient (Wildman–Crippen LogP) is 4.69. The van der Waals surface area contributed by atoms with Crippen LogP contribution >= 0.6 is 11.3 Å². The van der Waals surface area contributed by atoms with Crippen molar-refractivity contribution >= 4 is 28.8 Å². The van der Waals surface area contributed by atoms with Gasteiger partial charge in [0.05, 0.1) is 25.3 Å². The van der Waals surface area contributed by atoms with Crippen molar-refractivity contribution in [2.45, 2.75) is 19.5 Å². The van der Waals surface area contributed by atoms with Gasteiger partial charge in [0, 0.05) is 16.0 Å². The molecule has 1 fully saturated rings. The Balaban J connectivity index is 1.90. The molecular weight excluding hydrogens is 398 g/mol. The van der Waals surface area contributed by atoms with Crippen LogP contribution in [0.5, 0.6) is 5.75 Å². The highest BCUT2D eigenvalue weighted by molar-refractivity contribution is 7.09. The number of ketones is 1. The van der Waals surface area contributed by atoms with Gasteiger partial charge >= 0.3 is 0 Å². The topological polar surface area (TPSA) is 66.8 Å². The van der Waals surface area contributed by atoms with Crippen LogP contribution in [0.3, 0.4) is 0 Å². The van der Waals surface area contributed by atoms with Crippen molar-refractivity contribution in [1.29, 1.82) is 0 Å². The first kappa shape index (κ1) is 19.9. The van der Waals surface area contributed by atoms with Crippen molar-refractivity contribution in [2.24, 2.45) is 0 Å². The molecule has 1 aliphatic rings. The molecule has 0 saturated carbocycles. The van der Waals surface area contributed by atoms with E-state index in [2.05, 4.69) is 0 Å². The first-order chi connectivity index (χ1) is 14.5. The summed E-state index contributed by atoms with van der Waals surface area (Å²) in [6.45, 7) is 2.22. The normalized spacial score (nSPS) is 18.1. The molecule has 1 amide bonds. The molecule has 2 heterocycles. The van der Waals surface area contributed by atoms with Crippen LogP contribution in [0.25, 0.3) is 5.76 Å². The van der Waals surface area contributed by atoms with Crippen LogP contribution < -0.4 is 4.74 Å². The summed E-state index contributed by atoms with van der Waals surface area (Å²) in [5.74, 6) is -0.957. The van der Waals surface area contributed by atoms with E-state index in [1.165, 1.54) is 16.2 Å². The van der Waals surface area contributed by atoms with Gasteiger partial charge in [-0.2, -0.15) is 0 Å². The van der Waals surface area contributed by atoms with E-state index in [-0.39, 0.29) is 17.9 Å². The molecule has 1 atom stereocenters. The second kappa shape index (κ2) is 8.16. The van der Waals surface area contributed by atoms with E-state index in [1.54, 1.807) is 25.3 Å². The Kier molecular flexibility index (Phi) is 5.42. The number of amides is 1. The number of thiophene rings is 1. The molecule has 1 aromatic heterocycles. The number of methoxy groups -OCH3 is 1. The number of rotatable bonds is 5. The third-order valence-corrected chi connectivity index (χ3v) is 6.07. The van der Waals surface area contributed by atoms with E-state index >= 15 is 0 Å². The minimum Gasteiger partial charge on any atom is -0.507 e. The summed E-state index contributed by atoms with van der Waals surface area (Å²) in [4.78, 5) is 28.5. The van der Waals surface area contributed by atoms with Crippen LogP contribution in [-0.2, 0) is 16.1 Å². The van der Waals surface area contributed by atoms with Crippen molar-refractivity contribution in [1.82, 2.24) is 4.90 Å². The zero-order chi connectivity index (χ0) is 21.3. The number of nitrogens with zero attached hydrogens (tertiary/aromatic N) is 1. The predicted molar refractivity (Wildman–Crippen MR) is 116 cm³/mol. The second-order valence-electron chi connectivity index (χ2n) is 7.11. The van der Waals surface area contributed by atoms with E-state index in [0.717, 1.165) is 10.4 Å². The fourth-order valence-corrected chi connectivity index (χ4v) is 4.40. The summed E-state index contributed by atoms with van der Waals surface area (Å²) >= 11 is 1.51. The number of carbonyl (C=O) groups excluding carboxylic acids is 2. The lowest BCUT2D eigenvalue weighted by molar-refractivity contribution is -0.140. The molecule has 1 aliphatic heterocycles. The molecule has 1 N–H and O–H groups in total. The fourth-order valence-electron chi connectivity index (χ4n) is 3.70. The lowest BCUT2D eigenvalue weighted by Crippen LogP contribution is -2.29. The number of likely N-dealkylation sites (tertiary alicyclic amines) is 1. The Bertz CT molecular complexity index is 1120. The molecule has 30 heavy (non-hydrogen) atoms. The van der Waals surface area contributed by atoms with E-state index < -0.39 is 17.7 Å². The van der Waals surface area contributed by atoms with Crippen molar-refractivity contribution in [3.05, 3.63) is 93.2 Å². The van der Waals surface area contributed by atoms with Crippen molar-refractivity contribution in [2.75, 3.05) is 7.11 Å². The number of benzene rings is 2. The number of aryl methyl sites for hydroxylation is 1. The maximum atomic E-state index is 13.1. The standard InChI is InChI=1S/C24H21NO4S/c1-15-9-11-16(12-10-15)22(26)20-21(18-7-3-4-8-19(18)29-2)25(24(28)23(20)27)14-17-6-5-13-30-17/h3-13,21,26H,14H2,1-2H3/b22-20-. The van der Waals surface area contributed by atoms with Crippen LogP contribution in [-0.4, -0.2) is 28.8 Å². The minimum absolute atomic E-state index is 0.0740. The molecule has 0 bridgehead atoms. The molecule has 0 aliphatic carbocycles. The molecule has 0 radical (unpaired) electrons. The molecule has 0 spiro atoms. The maximum absolute atomic E-state index is 13.1. The Morgan fingerprint density at radius 3 is 2.47 bits per heavy atom. The summed E-state index contributed by atoms with van der Waals surface area (Å²) in [6, 6.07) is 17.5. The lowest BCUT2D eigenvalue weighted by Gasteiger charge is -2.26. The highest BCUT2D eigenvalue weighted by Gasteiger charge is 2.47. The van der Waals surface area contributed by atoms with Crippen LogP contribution in [0.15, 0.2) is 71.6 Å². The monoisotopic (exact) mass is 419 g/mol. The van der Waals surface area contributed by atoms with Crippen molar-refractivity contribution in [3.8, 4) is 5.75 Å². The van der Waals surface area contributed by atoms with Gasteiger partial charge in [-0.05, 0) is 24.4 Å². The molecule has 2 aromatic carbocycles. The highest BCUT2D eigenvalue weighted by atomic mass is 32.1. The van der Waals surface area contributed by atoms with Crippen LogP contribution in [0.1, 0.15) is 27.6 Å². The number of hydrogen-bond acceptors (Lipinski definition) is 5. The number of para-hydroxylation sites is 1. The molecule has 4 rings (SSSR count). The Labute approximate surface area is 178 Å². The van der Waals surface area contributed by atoms with Crippen LogP contribution in [0.2, 0.25) is 0 Å². The summed E-state index contributed by atoms with van der Waals surface area (Å²) in [5.41, 5.74) is 2.26. The van der Waals surface area contributed by atoms with Gasteiger partial charge in [-0.3, -0.25) is 9.59 Å². The summed E-state index contributed by atoms with van der Waals surface area (Å²) < 4.78 is 5.51. The largest absolute Gasteiger partial charge is 0.507 e. The van der Waals surface area contributed by atoms with Gasteiger partial charge in [-0.25, -0.2) is 0 Å². The van der Waals surface area contributed by atoms with Crippen molar-refractivity contribution in [3.63, 3.8) is 0 Å². The maximum Gasteiger partial charge on any atom is 0.295 e. The Morgan fingerprint density at radius 2 is 1.80 bits per heavy atom. The van der Waals surface area contributed by atoms with Gasteiger partial charge in [0.25, 0.3) is 11.7 Å². The number of aliphatic hydroxyl groups excluding tert-OH is 1. The van der Waals surface area contributed by atoms with Gasteiger partial charge in [0.2, 0.25) is 0 Å². The average molecular weight is 420 g/mol. The number of hydrogen-bond donors (Lipinski definition) is 1. The Morgan fingerprint density at radius 1 is 1.07 bits per heavy atom. The van der Waals surface area contributed by atoms with Gasteiger partial charge in [0.1, 0.15) is 11.5 Å². The number of carbonyl (C=O) groups is 2. The quantitative estimate of drug-likeness (QED) is 0.370. The van der Waals surface area contributed by atoms with Gasteiger partial charge in [-0.15, -0.1) is 11.3 Å². The Hall–Kier alpha value is -3.38. The van der Waals surface area contributed by atoms with E-state index in [1.807, 2.05) is 54.8 Å². The second-order valence-corrected chi connectivity index (χ2v) is 8.15. The van der Waals surface area contributed by atoms with Gasteiger partial charge in [0.15, 0.2) is 0 Å². The first-order valence-electron chi connectivity index (χ1n) is 9.52. The number of Topliss-reactive ketones (excluding diaryl/α,β-unsaturated/α-hetero) is 1. The lowest BCUT2D eigenvalue weighted by atomic mass is 9.94. The van der Waals surface area contributed by atoms with E-state index in [0.29, 0.717) is 16.9 Å². The average Bonchev–Trinajstić information content (AvgIpc) is 3.36. The number of ether oxygens (including phenoxy) is 1. The number of aliphatic hydroxyl groups is 1. The molecule has 1 saturated heterocycles. The molecule has 5 nitrogen and oxygen atoms in total. The van der Waals surface area contributed by atoms with E-state index in [9.17, 15) is 14.7 Å². The smallest absolute Gasteiger partial charge is 0.295 e. The highest BCUT2D eigenvalue weighted by Crippen LogP contribution is 2.43. The van der Waals surface area contributed by atoms with Gasteiger partial charge < -0.3 is 14.7 Å². The molecule has 3 aromatic rings. The van der Waals surface area contributed by atoms with Crippen LogP contribution in [0, 0.1) is 6.92 Å².